The van der Waals surface area contributed by atoms with E-state index >= 15 is 0 Å². The summed E-state index contributed by atoms with van der Waals surface area (Å²) < 4.78 is 6.47. The van der Waals surface area contributed by atoms with E-state index in [-0.39, 0.29) is 0 Å². The maximum atomic E-state index is 5.42. The van der Waals surface area contributed by atoms with Crippen molar-refractivity contribution in [2.75, 3.05) is 12.4 Å². The summed E-state index contributed by atoms with van der Waals surface area (Å²) in [6.45, 7) is 6.54. The Morgan fingerprint density at radius 2 is 2.12 bits per heavy atom. The van der Waals surface area contributed by atoms with Crippen LogP contribution in [0.5, 0.6) is 5.75 Å². The van der Waals surface area contributed by atoms with E-state index in [0.29, 0.717) is 6.04 Å². The van der Waals surface area contributed by atoms with E-state index < -0.39 is 0 Å². The van der Waals surface area contributed by atoms with Gasteiger partial charge in [0.15, 0.2) is 0 Å². The second kappa shape index (κ2) is 6.90. The van der Waals surface area contributed by atoms with Crippen LogP contribution in [-0.2, 0) is 0 Å². The summed E-state index contributed by atoms with van der Waals surface area (Å²) in [6.07, 6.45) is 3.68. The largest absolute Gasteiger partial charge is 0.495 e. The number of rotatable bonds is 6. The fourth-order valence-corrected chi connectivity index (χ4v) is 2.44. The first-order valence-electron chi connectivity index (χ1n) is 6.19. The topological polar surface area (TPSA) is 21.3 Å². The number of benzene rings is 1. The maximum absolute atomic E-state index is 5.42. The summed E-state index contributed by atoms with van der Waals surface area (Å²) in [5.74, 6) is 0.903. The smallest absolute Gasteiger partial charge is 0.143 e. The van der Waals surface area contributed by atoms with Crippen LogP contribution in [0.3, 0.4) is 0 Å². The molecule has 0 aliphatic carbocycles. The molecule has 1 unspecified atom stereocenters. The van der Waals surface area contributed by atoms with Crippen LogP contribution in [0.25, 0.3) is 0 Å². The molecule has 2 nitrogen and oxygen atoms in total. The van der Waals surface area contributed by atoms with Gasteiger partial charge in [0.05, 0.1) is 12.8 Å². The van der Waals surface area contributed by atoms with Gasteiger partial charge >= 0.3 is 0 Å². The number of unbranched alkanes of at least 4 members (excludes halogenated alkanes) is 1. The second-order valence-corrected chi connectivity index (χ2v) is 5.40. The lowest BCUT2D eigenvalue weighted by Gasteiger charge is -2.19. The van der Waals surface area contributed by atoms with E-state index in [4.69, 9.17) is 4.74 Å². The molecule has 1 atom stereocenters. The van der Waals surface area contributed by atoms with Crippen molar-refractivity contribution in [3.05, 3.63) is 22.2 Å². The van der Waals surface area contributed by atoms with Crippen LogP contribution in [-0.4, -0.2) is 13.2 Å². The highest BCUT2D eigenvalue weighted by molar-refractivity contribution is 9.10. The second-order valence-electron chi connectivity index (χ2n) is 4.49. The van der Waals surface area contributed by atoms with Gasteiger partial charge in [0.1, 0.15) is 5.75 Å². The molecule has 0 heterocycles. The monoisotopic (exact) mass is 299 g/mol. The zero-order valence-electron chi connectivity index (χ0n) is 11.1. The predicted octanol–water partition coefficient (Wildman–Crippen LogP) is 4.76. The maximum Gasteiger partial charge on any atom is 0.143 e. The van der Waals surface area contributed by atoms with Gasteiger partial charge in [-0.1, -0.05) is 35.7 Å². The SMILES string of the molecule is CCCCC(C)Nc1c(C)cc(Br)cc1OC. The summed E-state index contributed by atoms with van der Waals surface area (Å²) in [4.78, 5) is 0. The van der Waals surface area contributed by atoms with Gasteiger partial charge in [0, 0.05) is 10.5 Å². The van der Waals surface area contributed by atoms with Gasteiger partial charge in [-0.25, -0.2) is 0 Å². The lowest BCUT2D eigenvalue weighted by atomic mass is 10.1. The predicted molar refractivity (Wildman–Crippen MR) is 78.0 cm³/mol. The summed E-state index contributed by atoms with van der Waals surface area (Å²) in [5, 5.41) is 3.55. The summed E-state index contributed by atoms with van der Waals surface area (Å²) >= 11 is 3.49. The van der Waals surface area contributed by atoms with Crippen molar-refractivity contribution >= 4 is 21.6 Å². The fraction of sp³-hybridized carbons (Fsp3) is 0.571. The molecule has 0 fully saturated rings. The quantitative estimate of drug-likeness (QED) is 0.818. The Balaban J connectivity index is 2.82. The molecule has 0 spiro atoms. The molecular formula is C14H22BrNO. The average Bonchev–Trinajstić information content (AvgIpc) is 2.29. The molecule has 0 aromatic heterocycles. The molecule has 0 saturated heterocycles. The Labute approximate surface area is 113 Å². The number of ether oxygens (including phenoxy) is 1. The van der Waals surface area contributed by atoms with E-state index in [1.807, 2.05) is 6.07 Å². The van der Waals surface area contributed by atoms with Gasteiger partial charge in [-0.2, -0.15) is 0 Å². The number of hydrogen-bond acceptors (Lipinski definition) is 2. The molecule has 0 bridgehead atoms. The Kier molecular flexibility index (Phi) is 5.83. The molecular weight excluding hydrogens is 278 g/mol. The molecule has 1 aromatic carbocycles. The van der Waals surface area contributed by atoms with E-state index in [1.54, 1.807) is 7.11 Å². The third kappa shape index (κ3) is 4.23. The molecule has 0 aliphatic heterocycles. The zero-order chi connectivity index (χ0) is 12.8. The first kappa shape index (κ1) is 14.4. The van der Waals surface area contributed by atoms with E-state index in [9.17, 15) is 0 Å². The van der Waals surface area contributed by atoms with Crippen molar-refractivity contribution in [2.24, 2.45) is 0 Å². The highest BCUT2D eigenvalue weighted by Crippen LogP contribution is 2.32. The Morgan fingerprint density at radius 1 is 1.41 bits per heavy atom. The summed E-state index contributed by atoms with van der Waals surface area (Å²) in [7, 11) is 1.71. The van der Waals surface area contributed by atoms with Crippen molar-refractivity contribution < 1.29 is 4.74 Å². The minimum absolute atomic E-state index is 0.476. The molecule has 1 rings (SSSR count). The Hall–Kier alpha value is -0.700. The Bertz CT molecular complexity index is 365. The van der Waals surface area contributed by atoms with Crippen LogP contribution in [0, 0.1) is 6.92 Å². The van der Waals surface area contributed by atoms with Crippen LogP contribution in [0.1, 0.15) is 38.7 Å². The zero-order valence-corrected chi connectivity index (χ0v) is 12.7. The van der Waals surface area contributed by atoms with Crippen molar-refractivity contribution in [3.8, 4) is 5.75 Å². The Morgan fingerprint density at radius 3 is 2.71 bits per heavy atom. The number of aryl methyl sites for hydroxylation is 1. The van der Waals surface area contributed by atoms with Crippen LogP contribution in [0.2, 0.25) is 0 Å². The normalized spacial score (nSPS) is 12.3. The highest BCUT2D eigenvalue weighted by Gasteiger charge is 2.10. The summed E-state index contributed by atoms with van der Waals surface area (Å²) in [5.41, 5.74) is 2.32. The fourth-order valence-electron chi connectivity index (χ4n) is 1.89. The van der Waals surface area contributed by atoms with Crippen molar-refractivity contribution in [2.45, 2.75) is 46.1 Å². The molecule has 17 heavy (non-hydrogen) atoms. The van der Waals surface area contributed by atoms with Crippen molar-refractivity contribution in [3.63, 3.8) is 0 Å². The third-order valence-corrected chi connectivity index (χ3v) is 3.32. The first-order chi connectivity index (χ1) is 8.08. The van der Waals surface area contributed by atoms with Crippen LogP contribution in [0.15, 0.2) is 16.6 Å². The van der Waals surface area contributed by atoms with Gasteiger partial charge in [0.25, 0.3) is 0 Å². The molecule has 96 valence electrons. The lowest BCUT2D eigenvalue weighted by molar-refractivity contribution is 0.415. The van der Waals surface area contributed by atoms with Crippen molar-refractivity contribution in [1.29, 1.82) is 0 Å². The van der Waals surface area contributed by atoms with Crippen LogP contribution >= 0.6 is 15.9 Å². The van der Waals surface area contributed by atoms with Gasteiger partial charge < -0.3 is 10.1 Å². The summed E-state index contributed by atoms with van der Waals surface area (Å²) in [6, 6.07) is 4.59. The number of nitrogens with one attached hydrogen (secondary N) is 1. The van der Waals surface area contributed by atoms with Gasteiger partial charge in [-0.05, 0) is 38.0 Å². The first-order valence-corrected chi connectivity index (χ1v) is 6.98. The molecule has 0 radical (unpaired) electrons. The molecule has 1 aromatic rings. The molecule has 0 aliphatic rings. The van der Waals surface area contributed by atoms with E-state index in [0.717, 1.165) is 15.9 Å². The van der Waals surface area contributed by atoms with Gasteiger partial charge in [0.2, 0.25) is 0 Å². The number of hydrogen-bond donors (Lipinski definition) is 1. The van der Waals surface area contributed by atoms with E-state index in [2.05, 4.69) is 48.1 Å². The number of halogens is 1. The average molecular weight is 300 g/mol. The number of anilines is 1. The molecule has 0 saturated carbocycles. The molecule has 3 heteroatoms. The minimum Gasteiger partial charge on any atom is -0.495 e. The minimum atomic E-state index is 0.476. The molecule has 1 N–H and O–H groups in total. The van der Waals surface area contributed by atoms with Crippen LogP contribution in [0.4, 0.5) is 5.69 Å². The van der Waals surface area contributed by atoms with Gasteiger partial charge in [-0.3, -0.25) is 0 Å². The third-order valence-electron chi connectivity index (χ3n) is 2.87. The number of methoxy groups -OCH3 is 1. The van der Waals surface area contributed by atoms with E-state index in [1.165, 1.54) is 24.8 Å². The standard InChI is InChI=1S/C14H22BrNO/c1-5-6-7-11(3)16-14-10(2)8-12(15)9-13(14)17-4/h8-9,11,16H,5-7H2,1-4H3. The lowest BCUT2D eigenvalue weighted by Crippen LogP contribution is -2.16. The van der Waals surface area contributed by atoms with Crippen LogP contribution < -0.4 is 10.1 Å². The highest BCUT2D eigenvalue weighted by atomic mass is 79.9. The van der Waals surface area contributed by atoms with Gasteiger partial charge in [-0.15, -0.1) is 0 Å². The molecule has 0 amide bonds. The van der Waals surface area contributed by atoms with Crippen molar-refractivity contribution in [1.82, 2.24) is 0 Å².